The predicted molar refractivity (Wildman–Crippen MR) is 59.9 cm³/mol. The van der Waals surface area contributed by atoms with E-state index in [4.69, 9.17) is 11.6 Å². The third kappa shape index (κ3) is 3.06. The minimum atomic E-state index is 0.532. The van der Waals surface area contributed by atoms with Crippen LogP contribution in [0.3, 0.4) is 0 Å². The van der Waals surface area contributed by atoms with Gasteiger partial charge in [-0.3, -0.25) is 10.0 Å². The molecule has 3 nitrogen and oxygen atoms in total. The molecule has 0 aromatic heterocycles. The fourth-order valence-electron chi connectivity index (χ4n) is 1.10. The van der Waals surface area contributed by atoms with Gasteiger partial charge in [-0.1, -0.05) is 11.6 Å². The van der Waals surface area contributed by atoms with E-state index in [2.05, 4.69) is 4.84 Å². The van der Waals surface area contributed by atoms with Gasteiger partial charge in [-0.2, -0.15) is 11.8 Å². The Kier molecular flexibility index (Phi) is 4.54. The molecule has 1 aromatic carbocycles. The highest BCUT2D eigenvalue weighted by Gasteiger charge is 2.05. The molecule has 0 aliphatic carbocycles. The molecule has 0 aliphatic rings. The Balaban J connectivity index is 2.94. The lowest BCUT2D eigenvalue weighted by Gasteiger charge is -2.14. The summed E-state index contributed by atoms with van der Waals surface area (Å²) in [4.78, 5) is 4.65. The zero-order valence-corrected chi connectivity index (χ0v) is 9.60. The Morgan fingerprint density at radius 2 is 2.21 bits per heavy atom. The van der Waals surface area contributed by atoms with Gasteiger partial charge in [0.1, 0.15) is 0 Å². The summed E-state index contributed by atoms with van der Waals surface area (Å²) in [5.74, 6) is 0.852. The summed E-state index contributed by atoms with van der Waals surface area (Å²) < 4.78 is 0. The largest absolute Gasteiger partial charge is 0.264 e. The number of hydrogen-bond donors (Lipinski definition) is 1. The quantitative estimate of drug-likeness (QED) is 0.811. The van der Waals surface area contributed by atoms with Crippen LogP contribution in [0.2, 0.25) is 5.02 Å². The lowest BCUT2D eigenvalue weighted by Crippen LogP contribution is -2.15. The molecule has 0 aliphatic heterocycles. The second-order valence-corrected chi connectivity index (χ2v) is 4.01. The van der Waals surface area contributed by atoms with Gasteiger partial charge in [0.15, 0.2) is 0 Å². The van der Waals surface area contributed by atoms with Crippen molar-refractivity contribution in [2.24, 2.45) is 0 Å². The molecule has 14 heavy (non-hydrogen) atoms. The maximum absolute atomic E-state index is 9.29. The average Bonchev–Trinajstić information content (AvgIpc) is 2.16. The topological polar surface area (TPSA) is 32.7 Å². The second kappa shape index (κ2) is 5.46. The van der Waals surface area contributed by atoms with Crippen LogP contribution in [0.4, 0.5) is 5.69 Å². The van der Waals surface area contributed by atoms with Crippen molar-refractivity contribution in [3.63, 3.8) is 0 Å². The van der Waals surface area contributed by atoms with Gasteiger partial charge in [0.2, 0.25) is 0 Å². The van der Waals surface area contributed by atoms with Gasteiger partial charge >= 0.3 is 0 Å². The van der Waals surface area contributed by atoms with E-state index in [-0.39, 0.29) is 0 Å². The standard InChI is InChI=1S/C9H12ClNO2S/c1-13-11(12)9-4-7(6-14-2)3-8(10)5-9/h3-5,12H,6H2,1-2H3. The highest BCUT2D eigenvalue weighted by Crippen LogP contribution is 2.23. The van der Waals surface area contributed by atoms with Crippen LogP contribution >= 0.6 is 23.4 Å². The van der Waals surface area contributed by atoms with Crippen molar-refractivity contribution < 1.29 is 10.0 Å². The monoisotopic (exact) mass is 233 g/mol. The molecule has 1 N–H and O–H groups in total. The van der Waals surface area contributed by atoms with E-state index in [1.165, 1.54) is 7.11 Å². The van der Waals surface area contributed by atoms with Gasteiger partial charge in [-0.05, 0) is 30.0 Å². The summed E-state index contributed by atoms with van der Waals surface area (Å²) in [6, 6.07) is 5.33. The van der Waals surface area contributed by atoms with Gasteiger partial charge in [0.05, 0.1) is 12.8 Å². The van der Waals surface area contributed by atoms with Crippen molar-refractivity contribution in [3.05, 3.63) is 28.8 Å². The van der Waals surface area contributed by atoms with Crippen molar-refractivity contribution >= 4 is 29.1 Å². The summed E-state index contributed by atoms with van der Waals surface area (Å²) in [6.45, 7) is 0. The molecule has 0 fully saturated rings. The van der Waals surface area contributed by atoms with Crippen LogP contribution in [0.1, 0.15) is 5.56 Å². The number of anilines is 1. The number of nitrogens with zero attached hydrogens (tertiary/aromatic N) is 1. The van der Waals surface area contributed by atoms with Crippen LogP contribution in [0.5, 0.6) is 0 Å². The van der Waals surface area contributed by atoms with E-state index >= 15 is 0 Å². The molecule has 0 radical (unpaired) electrons. The molecule has 78 valence electrons. The van der Waals surface area contributed by atoms with E-state index in [1.54, 1.807) is 17.8 Å². The summed E-state index contributed by atoms with van der Waals surface area (Å²) in [5.41, 5.74) is 1.58. The van der Waals surface area contributed by atoms with Crippen molar-refractivity contribution in [3.8, 4) is 0 Å². The van der Waals surface area contributed by atoms with E-state index in [9.17, 15) is 5.21 Å². The van der Waals surface area contributed by atoms with Gasteiger partial charge in [-0.15, -0.1) is 5.23 Å². The number of thioether (sulfide) groups is 1. The number of rotatable bonds is 4. The first-order valence-electron chi connectivity index (χ1n) is 3.99. The van der Waals surface area contributed by atoms with Crippen LogP contribution in [-0.2, 0) is 10.6 Å². The Hall–Kier alpha value is -0.420. The maximum Gasteiger partial charge on any atom is 0.0962 e. The second-order valence-electron chi connectivity index (χ2n) is 2.71. The fourth-order valence-corrected chi connectivity index (χ4v) is 1.85. The molecule has 0 saturated heterocycles. The number of hydrogen-bond acceptors (Lipinski definition) is 4. The van der Waals surface area contributed by atoms with Crippen molar-refractivity contribution in [2.45, 2.75) is 5.75 Å². The Morgan fingerprint density at radius 3 is 2.79 bits per heavy atom. The van der Waals surface area contributed by atoms with Crippen LogP contribution in [0.15, 0.2) is 18.2 Å². The molecule has 0 amide bonds. The normalized spacial score (nSPS) is 10.3. The Bertz CT molecular complexity index is 309. The van der Waals surface area contributed by atoms with E-state index < -0.39 is 0 Å². The lowest BCUT2D eigenvalue weighted by atomic mass is 10.2. The zero-order valence-electron chi connectivity index (χ0n) is 8.03. The minimum absolute atomic E-state index is 0.532. The molecule has 0 atom stereocenters. The maximum atomic E-state index is 9.29. The van der Waals surface area contributed by atoms with E-state index in [1.807, 2.05) is 18.4 Å². The van der Waals surface area contributed by atoms with Crippen LogP contribution in [0, 0.1) is 0 Å². The predicted octanol–water partition coefficient (Wildman–Crippen LogP) is 2.96. The SMILES string of the molecule is CON(O)c1cc(Cl)cc(CSC)c1. The molecule has 0 unspecified atom stereocenters. The first-order chi connectivity index (χ1) is 6.67. The Morgan fingerprint density at radius 1 is 1.50 bits per heavy atom. The van der Waals surface area contributed by atoms with Gasteiger partial charge in [0.25, 0.3) is 0 Å². The van der Waals surface area contributed by atoms with E-state index in [0.717, 1.165) is 11.3 Å². The molecular weight excluding hydrogens is 222 g/mol. The van der Waals surface area contributed by atoms with Gasteiger partial charge in [-0.25, -0.2) is 0 Å². The third-order valence-electron chi connectivity index (χ3n) is 1.65. The van der Waals surface area contributed by atoms with Crippen molar-refractivity contribution in [2.75, 3.05) is 18.6 Å². The average molecular weight is 234 g/mol. The Labute approximate surface area is 92.5 Å². The summed E-state index contributed by atoms with van der Waals surface area (Å²) in [7, 11) is 1.38. The minimum Gasteiger partial charge on any atom is -0.264 e. The summed E-state index contributed by atoms with van der Waals surface area (Å²) in [5, 5.41) is 10.6. The molecule has 0 heterocycles. The first kappa shape index (κ1) is 11.7. The molecule has 5 heteroatoms. The van der Waals surface area contributed by atoms with Gasteiger partial charge in [0, 0.05) is 10.8 Å². The molecule has 0 spiro atoms. The lowest BCUT2D eigenvalue weighted by molar-refractivity contribution is -0.0110. The van der Waals surface area contributed by atoms with Crippen molar-refractivity contribution in [1.82, 2.24) is 0 Å². The smallest absolute Gasteiger partial charge is 0.0962 e. The van der Waals surface area contributed by atoms with Gasteiger partial charge < -0.3 is 0 Å². The highest BCUT2D eigenvalue weighted by molar-refractivity contribution is 7.97. The summed E-state index contributed by atoms with van der Waals surface area (Å²) in [6.07, 6.45) is 2.01. The highest BCUT2D eigenvalue weighted by atomic mass is 35.5. The first-order valence-corrected chi connectivity index (χ1v) is 5.76. The van der Waals surface area contributed by atoms with Crippen LogP contribution in [-0.4, -0.2) is 18.6 Å². The molecule has 1 rings (SSSR count). The molecule has 0 saturated carbocycles. The third-order valence-corrected chi connectivity index (χ3v) is 2.49. The molecule has 0 bridgehead atoms. The molecule has 1 aromatic rings. The van der Waals surface area contributed by atoms with Crippen LogP contribution in [0.25, 0.3) is 0 Å². The summed E-state index contributed by atoms with van der Waals surface area (Å²) >= 11 is 7.58. The zero-order chi connectivity index (χ0) is 10.6. The number of halogens is 1. The van der Waals surface area contributed by atoms with Crippen molar-refractivity contribution in [1.29, 1.82) is 0 Å². The molecular formula is C9H12ClNO2S. The van der Waals surface area contributed by atoms with Crippen LogP contribution < -0.4 is 5.23 Å². The van der Waals surface area contributed by atoms with E-state index in [0.29, 0.717) is 15.9 Å². The number of benzene rings is 1. The fraction of sp³-hybridized carbons (Fsp3) is 0.333.